The van der Waals surface area contributed by atoms with Crippen LogP contribution in [-0.4, -0.2) is 16.8 Å². The van der Waals surface area contributed by atoms with Crippen LogP contribution in [0.15, 0.2) is 53.1 Å². The van der Waals surface area contributed by atoms with E-state index in [-0.39, 0.29) is 17.6 Å². The Morgan fingerprint density at radius 2 is 2.00 bits per heavy atom. The van der Waals surface area contributed by atoms with E-state index in [0.717, 1.165) is 25.7 Å². The molecule has 1 saturated heterocycles. The highest BCUT2D eigenvalue weighted by molar-refractivity contribution is 5.41. The number of hydrogen-bond donors (Lipinski definition) is 2. The van der Waals surface area contributed by atoms with Crippen molar-refractivity contribution in [3.05, 3.63) is 58.7 Å². The number of allylic oxidation sites excluding steroid dienone is 5. The van der Waals surface area contributed by atoms with Gasteiger partial charge in [0, 0.05) is 12.0 Å². The molecular weight excluding hydrogens is 300 g/mol. The van der Waals surface area contributed by atoms with Gasteiger partial charge >= 0.3 is 0 Å². The second kappa shape index (κ2) is 8.74. The molecule has 3 heteroatoms. The molecule has 1 unspecified atom stereocenters. The van der Waals surface area contributed by atoms with Crippen molar-refractivity contribution in [1.82, 2.24) is 0 Å². The summed E-state index contributed by atoms with van der Waals surface area (Å²) in [5, 5.41) is 19.5. The molecule has 1 aliphatic rings. The first-order chi connectivity index (χ1) is 11.5. The van der Waals surface area contributed by atoms with Crippen LogP contribution in [0.4, 0.5) is 0 Å². The first kappa shape index (κ1) is 18.3. The second-order valence-corrected chi connectivity index (χ2v) is 6.72. The summed E-state index contributed by atoms with van der Waals surface area (Å²) in [4.78, 5) is 0. The average Bonchev–Trinajstić information content (AvgIpc) is 2.98. The maximum Gasteiger partial charge on any atom is 0.121 e. The molecule has 0 saturated carbocycles. The Morgan fingerprint density at radius 3 is 2.75 bits per heavy atom. The van der Waals surface area contributed by atoms with Crippen molar-refractivity contribution in [2.45, 2.75) is 52.6 Å². The molecule has 24 heavy (non-hydrogen) atoms. The Bertz CT molecular complexity index is 649. The minimum Gasteiger partial charge on any atom is -0.508 e. The van der Waals surface area contributed by atoms with Crippen molar-refractivity contribution < 1.29 is 14.9 Å². The van der Waals surface area contributed by atoms with Crippen LogP contribution < -0.4 is 0 Å². The van der Waals surface area contributed by atoms with Crippen LogP contribution in [0.25, 0.3) is 0 Å². The third-order valence-corrected chi connectivity index (χ3v) is 4.24. The summed E-state index contributed by atoms with van der Waals surface area (Å²) in [7, 11) is 0. The van der Waals surface area contributed by atoms with Gasteiger partial charge in [-0.05, 0) is 63.8 Å². The number of benzene rings is 1. The van der Waals surface area contributed by atoms with E-state index >= 15 is 0 Å². The molecule has 0 amide bonds. The third-order valence-electron chi connectivity index (χ3n) is 4.24. The van der Waals surface area contributed by atoms with Crippen molar-refractivity contribution in [2.24, 2.45) is 0 Å². The van der Waals surface area contributed by atoms with Gasteiger partial charge in [0.2, 0.25) is 0 Å². The van der Waals surface area contributed by atoms with Gasteiger partial charge in [0.15, 0.2) is 0 Å². The van der Waals surface area contributed by atoms with Gasteiger partial charge in [0.25, 0.3) is 0 Å². The molecule has 0 aliphatic carbocycles. The standard InChI is InChI=1S/C21H28O3/c1-15(2)6-4-7-16(3)8-5-9-17-12-21(24-14-17)19-13-18(22)10-11-20(19)23/h6,8-11,13,21-23H,4-5,7,12,14H2,1-3H3. The fourth-order valence-corrected chi connectivity index (χ4v) is 2.82. The zero-order chi connectivity index (χ0) is 17.5. The summed E-state index contributed by atoms with van der Waals surface area (Å²) in [6.07, 6.45) is 10.5. The number of rotatable bonds is 6. The lowest BCUT2D eigenvalue weighted by Crippen LogP contribution is -1.95. The van der Waals surface area contributed by atoms with Gasteiger partial charge in [0.05, 0.1) is 12.7 Å². The molecule has 130 valence electrons. The lowest BCUT2D eigenvalue weighted by molar-refractivity contribution is 0.112. The quantitative estimate of drug-likeness (QED) is 0.530. The molecule has 1 atom stereocenters. The van der Waals surface area contributed by atoms with Gasteiger partial charge in [-0.3, -0.25) is 0 Å². The highest BCUT2D eigenvalue weighted by Crippen LogP contribution is 2.38. The SMILES string of the molecule is CC(C)=CCCC(C)=CCC=C1COC(c2cc(O)ccc2O)C1. The number of phenolic OH excluding ortho intramolecular Hbond substituents is 2. The molecule has 1 fully saturated rings. The van der Waals surface area contributed by atoms with Crippen molar-refractivity contribution in [2.75, 3.05) is 6.61 Å². The normalized spacial score (nSPS) is 19.7. The molecular formula is C21H28O3. The van der Waals surface area contributed by atoms with Crippen LogP contribution in [0.5, 0.6) is 11.5 Å². The molecule has 0 bridgehead atoms. The lowest BCUT2D eigenvalue weighted by atomic mass is 10.0. The van der Waals surface area contributed by atoms with Crippen LogP contribution in [0.3, 0.4) is 0 Å². The molecule has 1 aromatic carbocycles. The summed E-state index contributed by atoms with van der Waals surface area (Å²) in [5.41, 5.74) is 4.68. The molecule has 0 spiro atoms. The summed E-state index contributed by atoms with van der Waals surface area (Å²) in [6.45, 7) is 7.02. The van der Waals surface area contributed by atoms with Crippen molar-refractivity contribution in [1.29, 1.82) is 0 Å². The van der Waals surface area contributed by atoms with Gasteiger partial charge in [-0.25, -0.2) is 0 Å². The molecule has 2 N–H and O–H groups in total. The number of hydrogen-bond acceptors (Lipinski definition) is 3. The molecule has 2 rings (SSSR count). The van der Waals surface area contributed by atoms with Crippen LogP contribution in [0.2, 0.25) is 0 Å². The minimum atomic E-state index is -0.175. The van der Waals surface area contributed by atoms with Gasteiger partial charge < -0.3 is 14.9 Å². The fraction of sp³-hybridized carbons (Fsp3) is 0.429. The maximum absolute atomic E-state index is 9.93. The topological polar surface area (TPSA) is 49.7 Å². The predicted molar refractivity (Wildman–Crippen MR) is 98.2 cm³/mol. The van der Waals surface area contributed by atoms with E-state index in [1.54, 1.807) is 6.07 Å². The zero-order valence-electron chi connectivity index (χ0n) is 14.9. The van der Waals surface area contributed by atoms with E-state index in [4.69, 9.17) is 4.74 Å². The first-order valence-electron chi connectivity index (χ1n) is 8.56. The fourth-order valence-electron chi connectivity index (χ4n) is 2.82. The number of phenols is 2. The zero-order valence-corrected chi connectivity index (χ0v) is 14.9. The third kappa shape index (κ3) is 5.57. The monoisotopic (exact) mass is 328 g/mol. The molecule has 0 radical (unpaired) electrons. The summed E-state index contributed by atoms with van der Waals surface area (Å²) >= 11 is 0. The highest BCUT2D eigenvalue weighted by atomic mass is 16.5. The van der Waals surface area contributed by atoms with E-state index in [1.165, 1.54) is 28.9 Å². The van der Waals surface area contributed by atoms with Gasteiger partial charge in [-0.1, -0.05) is 29.4 Å². The van der Waals surface area contributed by atoms with E-state index in [2.05, 4.69) is 39.0 Å². The molecule has 1 aromatic rings. The van der Waals surface area contributed by atoms with Crippen LogP contribution in [-0.2, 0) is 4.74 Å². The van der Waals surface area contributed by atoms with Crippen LogP contribution >= 0.6 is 0 Å². The first-order valence-corrected chi connectivity index (χ1v) is 8.56. The van der Waals surface area contributed by atoms with Crippen LogP contribution in [0, 0.1) is 0 Å². The maximum atomic E-state index is 9.93. The van der Waals surface area contributed by atoms with Gasteiger partial charge in [-0.15, -0.1) is 0 Å². The number of ether oxygens (including phenoxy) is 1. The molecule has 1 heterocycles. The van der Waals surface area contributed by atoms with Crippen molar-refractivity contribution in [3.8, 4) is 11.5 Å². The summed E-state index contributed by atoms with van der Waals surface area (Å²) < 4.78 is 5.77. The Labute approximate surface area is 145 Å². The Hall–Kier alpha value is -2.00. The van der Waals surface area contributed by atoms with Crippen molar-refractivity contribution in [3.63, 3.8) is 0 Å². The van der Waals surface area contributed by atoms with E-state index in [1.807, 2.05) is 0 Å². The second-order valence-electron chi connectivity index (χ2n) is 6.72. The Kier molecular flexibility index (Phi) is 6.68. The van der Waals surface area contributed by atoms with E-state index in [0.29, 0.717) is 12.2 Å². The average molecular weight is 328 g/mol. The molecule has 0 aromatic heterocycles. The minimum absolute atomic E-state index is 0.152. The predicted octanol–water partition coefficient (Wildman–Crippen LogP) is 5.57. The van der Waals surface area contributed by atoms with E-state index < -0.39 is 0 Å². The number of aromatic hydroxyl groups is 2. The summed E-state index contributed by atoms with van der Waals surface area (Å²) in [5.74, 6) is 0.327. The van der Waals surface area contributed by atoms with Crippen LogP contribution in [0.1, 0.15) is 58.1 Å². The molecule has 1 aliphatic heterocycles. The lowest BCUT2D eigenvalue weighted by Gasteiger charge is -2.11. The molecule has 3 nitrogen and oxygen atoms in total. The van der Waals surface area contributed by atoms with Crippen molar-refractivity contribution >= 4 is 0 Å². The van der Waals surface area contributed by atoms with E-state index in [9.17, 15) is 10.2 Å². The Balaban J connectivity index is 1.87. The highest BCUT2D eigenvalue weighted by Gasteiger charge is 2.24. The van der Waals surface area contributed by atoms with Gasteiger partial charge in [0.1, 0.15) is 11.5 Å². The van der Waals surface area contributed by atoms with Gasteiger partial charge in [-0.2, -0.15) is 0 Å². The largest absolute Gasteiger partial charge is 0.508 e. The Morgan fingerprint density at radius 1 is 1.21 bits per heavy atom. The summed E-state index contributed by atoms with van der Waals surface area (Å²) in [6, 6.07) is 4.57. The smallest absolute Gasteiger partial charge is 0.121 e.